The predicted octanol–water partition coefficient (Wildman–Crippen LogP) is 5.36. The molecule has 1 aromatic rings. The van der Waals surface area contributed by atoms with Crippen LogP contribution < -0.4 is 4.74 Å². The fourth-order valence-electron chi connectivity index (χ4n) is 2.62. The molecule has 5 nitrogen and oxygen atoms in total. The third-order valence-electron chi connectivity index (χ3n) is 4.35. The number of carbonyl (C=O) groups excluding carboxylic acids is 1. The van der Waals surface area contributed by atoms with Gasteiger partial charge in [-0.2, -0.15) is 0 Å². The van der Waals surface area contributed by atoms with Gasteiger partial charge in [0.05, 0.1) is 7.11 Å². The van der Waals surface area contributed by atoms with E-state index in [2.05, 4.69) is 47.6 Å². The Labute approximate surface area is 163 Å². The van der Waals surface area contributed by atoms with Gasteiger partial charge in [-0.3, -0.25) is 9.36 Å². The lowest BCUT2D eigenvalue weighted by Gasteiger charge is -2.28. The Kier molecular flexibility index (Phi) is 7.63. The summed E-state index contributed by atoms with van der Waals surface area (Å²) in [6.45, 7) is 12.8. The van der Waals surface area contributed by atoms with E-state index in [0.717, 1.165) is 22.4 Å². The van der Waals surface area contributed by atoms with Crippen molar-refractivity contribution in [2.75, 3.05) is 27.5 Å². The standard InChI is InChI=1S/C21H33O5P/c1-20(2,3)16-12-15(19(24-7)18(13-16)21(4,5)6)10-11-17(22)14-27(23,25-8)26-9/h10-13H,14H2,1-9H3. The van der Waals surface area contributed by atoms with Crippen molar-refractivity contribution in [3.63, 3.8) is 0 Å². The first-order valence-electron chi connectivity index (χ1n) is 8.92. The summed E-state index contributed by atoms with van der Waals surface area (Å²) < 4.78 is 27.5. The van der Waals surface area contributed by atoms with Gasteiger partial charge in [-0.15, -0.1) is 0 Å². The molecule has 0 radical (unpaired) electrons. The highest BCUT2D eigenvalue weighted by Crippen LogP contribution is 2.46. The average Bonchev–Trinajstić information content (AvgIpc) is 2.57. The number of allylic oxidation sites excluding steroid dienone is 1. The first-order valence-corrected chi connectivity index (χ1v) is 10.6. The molecule has 1 aromatic carbocycles. The van der Waals surface area contributed by atoms with Crippen molar-refractivity contribution in [2.24, 2.45) is 0 Å². The van der Waals surface area contributed by atoms with E-state index in [0.29, 0.717) is 0 Å². The van der Waals surface area contributed by atoms with E-state index in [4.69, 9.17) is 13.8 Å². The molecule has 1 rings (SSSR count). The maximum Gasteiger partial charge on any atom is 0.337 e. The number of hydrogen-bond donors (Lipinski definition) is 0. The first kappa shape index (κ1) is 23.6. The van der Waals surface area contributed by atoms with Crippen LogP contribution in [-0.2, 0) is 29.2 Å². The molecule has 0 amide bonds. The lowest BCUT2D eigenvalue weighted by atomic mass is 9.79. The molecule has 0 aliphatic heterocycles. The minimum Gasteiger partial charge on any atom is -0.496 e. The van der Waals surface area contributed by atoms with Crippen LogP contribution in [-0.4, -0.2) is 33.3 Å². The van der Waals surface area contributed by atoms with Crippen molar-refractivity contribution in [3.8, 4) is 5.75 Å². The van der Waals surface area contributed by atoms with Crippen molar-refractivity contribution in [1.29, 1.82) is 0 Å². The van der Waals surface area contributed by atoms with E-state index < -0.39 is 7.60 Å². The molecule has 0 aliphatic rings. The fourth-order valence-corrected chi connectivity index (χ4v) is 3.52. The zero-order valence-electron chi connectivity index (χ0n) is 18.0. The molecule has 6 heteroatoms. The van der Waals surface area contributed by atoms with Crippen LogP contribution in [0.1, 0.15) is 58.2 Å². The van der Waals surface area contributed by atoms with Crippen LogP contribution in [0.2, 0.25) is 0 Å². The van der Waals surface area contributed by atoms with E-state index >= 15 is 0 Å². The van der Waals surface area contributed by atoms with Crippen molar-refractivity contribution in [2.45, 2.75) is 52.4 Å². The van der Waals surface area contributed by atoms with Crippen LogP contribution >= 0.6 is 7.60 Å². The Morgan fingerprint density at radius 1 is 1.00 bits per heavy atom. The number of hydrogen-bond acceptors (Lipinski definition) is 5. The summed E-state index contributed by atoms with van der Waals surface area (Å²) >= 11 is 0. The van der Waals surface area contributed by atoms with Crippen LogP contribution in [0.15, 0.2) is 18.2 Å². The van der Waals surface area contributed by atoms with Gasteiger partial charge in [-0.1, -0.05) is 47.6 Å². The van der Waals surface area contributed by atoms with Gasteiger partial charge in [0, 0.05) is 25.3 Å². The second-order valence-corrected chi connectivity index (χ2v) is 10.8. The summed E-state index contributed by atoms with van der Waals surface area (Å²) in [5.41, 5.74) is 2.86. The Morgan fingerprint density at radius 3 is 1.96 bits per heavy atom. The number of ether oxygens (including phenoxy) is 1. The van der Waals surface area contributed by atoms with E-state index in [-0.39, 0.29) is 22.8 Å². The lowest BCUT2D eigenvalue weighted by molar-refractivity contribution is -0.112. The van der Waals surface area contributed by atoms with Crippen molar-refractivity contribution in [3.05, 3.63) is 34.9 Å². The van der Waals surface area contributed by atoms with Crippen LogP contribution in [0.4, 0.5) is 0 Å². The maximum absolute atomic E-state index is 12.3. The van der Waals surface area contributed by atoms with Gasteiger partial charge >= 0.3 is 7.60 Å². The first-order chi connectivity index (χ1) is 12.3. The summed E-state index contributed by atoms with van der Waals surface area (Å²) in [6.07, 6.45) is 2.81. The molecule has 0 fully saturated rings. The highest BCUT2D eigenvalue weighted by Gasteiger charge is 2.26. The third-order valence-corrected chi connectivity index (χ3v) is 6.16. The Hall–Kier alpha value is -1.42. The van der Waals surface area contributed by atoms with E-state index in [1.54, 1.807) is 13.2 Å². The normalized spacial score (nSPS) is 13.2. The highest BCUT2D eigenvalue weighted by molar-refractivity contribution is 7.54. The molecule has 0 heterocycles. The predicted molar refractivity (Wildman–Crippen MR) is 111 cm³/mol. The second kappa shape index (κ2) is 8.72. The SMILES string of the molecule is COc1c(C=CC(=O)CP(=O)(OC)OC)cc(C(C)(C)C)cc1C(C)(C)C. The van der Waals surface area contributed by atoms with Gasteiger partial charge in [-0.05, 0) is 34.6 Å². The lowest BCUT2D eigenvalue weighted by Crippen LogP contribution is -2.18. The molecule has 0 aliphatic carbocycles. The number of rotatable bonds is 7. The monoisotopic (exact) mass is 396 g/mol. The fraction of sp³-hybridized carbons (Fsp3) is 0.571. The highest BCUT2D eigenvalue weighted by atomic mass is 31.2. The van der Waals surface area contributed by atoms with Crippen LogP contribution in [0.3, 0.4) is 0 Å². The quantitative estimate of drug-likeness (QED) is 0.459. The summed E-state index contributed by atoms with van der Waals surface area (Å²) in [5.74, 6) is 0.406. The number of methoxy groups -OCH3 is 1. The minimum atomic E-state index is -3.38. The van der Waals surface area contributed by atoms with Crippen LogP contribution in [0.5, 0.6) is 5.75 Å². The summed E-state index contributed by atoms with van der Waals surface area (Å²) in [7, 11) is 0.789. The molecule has 0 atom stereocenters. The van der Waals surface area contributed by atoms with E-state index in [1.807, 2.05) is 6.07 Å². The number of ketones is 1. The Balaban J connectivity index is 3.41. The van der Waals surface area contributed by atoms with E-state index in [1.165, 1.54) is 20.3 Å². The molecule has 0 N–H and O–H groups in total. The van der Waals surface area contributed by atoms with Gasteiger partial charge in [0.15, 0.2) is 5.78 Å². The molecule has 0 saturated heterocycles. The van der Waals surface area contributed by atoms with Crippen molar-refractivity contribution in [1.82, 2.24) is 0 Å². The van der Waals surface area contributed by atoms with Gasteiger partial charge < -0.3 is 13.8 Å². The average molecular weight is 396 g/mol. The molecule has 0 bridgehead atoms. The Morgan fingerprint density at radius 2 is 1.56 bits per heavy atom. The van der Waals surface area contributed by atoms with Crippen molar-refractivity contribution < 1.29 is 23.1 Å². The number of benzene rings is 1. The molecular formula is C21H33O5P. The molecule has 152 valence electrons. The summed E-state index contributed by atoms with van der Waals surface area (Å²) in [6, 6.07) is 4.20. The molecule has 0 spiro atoms. The molecular weight excluding hydrogens is 363 g/mol. The maximum atomic E-state index is 12.3. The second-order valence-electron chi connectivity index (χ2n) is 8.58. The largest absolute Gasteiger partial charge is 0.496 e. The minimum absolute atomic E-state index is 0.0549. The molecule has 27 heavy (non-hydrogen) atoms. The number of carbonyl (C=O) groups is 1. The van der Waals surface area contributed by atoms with Crippen LogP contribution in [0.25, 0.3) is 6.08 Å². The zero-order chi connectivity index (χ0) is 21.0. The molecule has 0 unspecified atom stereocenters. The summed E-state index contributed by atoms with van der Waals surface area (Å²) in [4.78, 5) is 12.3. The Bertz CT molecular complexity index is 743. The molecule has 0 aromatic heterocycles. The van der Waals surface area contributed by atoms with E-state index in [9.17, 15) is 9.36 Å². The zero-order valence-corrected chi connectivity index (χ0v) is 18.9. The van der Waals surface area contributed by atoms with Gasteiger partial charge in [0.25, 0.3) is 0 Å². The molecule has 0 saturated carbocycles. The van der Waals surface area contributed by atoms with Gasteiger partial charge in [0.2, 0.25) is 0 Å². The van der Waals surface area contributed by atoms with Crippen LogP contribution in [0, 0.1) is 0 Å². The smallest absolute Gasteiger partial charge is 0.337 e. The third kappa shape index (κ3) is 6.31. The topological polar surface area (TPSA) is 61.8 Å². The van der Waals surface area contributed by atoms with Gasteiger partial charge in [-0.25, -0.2) is 0 Å². The van der Waals surface area contributed by atoms with Crippen molar-refractivity contribution >= 4 is 19.5 Å². The van der Waals surface area contributed by atoms with Gasteiger partial charge in [0.1, 0.15) is 11.9 Å². The summed E-state index contributed by atoms with van der Waals surface area (Å²) in [5, 5.41) is 0.